The van der Waals surface area contributed by atoms with Crippen molar-refractivity contribution in [3.05, 3.63) is 71.0 Å². The zero-order chi connectivity index (χ0) is 20.6. The lowest BCUT2D eigenvalue weighted by atomic mass is 10.2. The molecule has 148 valence electrons. The van der Waals surface area contributed by atoms with Crippen LogP contribution in [-0.4, -0.2) is 30.0 Å². The summed E-state index contributed by atoms with van der Waals surface area (Å²) in [6, 6.07) is 13.1. The summed E-state index contributed by atoms with van der Waals surface area (Å²) in [4.78, 5) is 8.53. The summed E-state index contributed by atoms with van der Waals surface area (Å²) in [7, 11) is -2.09. The second-order valence-electron chi connectivity index (χ2n) is 6.16. The van der Waals surface area contributed by atoms with Crippen LogP contribution in [0, 0.1) is 0 Å². The van der Waals surface area contributed by atoms with Crippen LogP contribution >= 0.6 is 23.2 Å². The number of nitrogens with zero attached hydrogens (tertiary/aromatic N) is 3. The Morgan fingerprint density at radius 2 is 1.76 bits per heavy atom. The number of hydrogen-bond donors (Lipinski definition) is 2. The number of halogens is 2. The summed E-state index contributed by atoms with van der Waals surface area (Å²) in [6.45, 7) is 0. The van der Waals surface area contributed by atoms with Crippen molar-refractivity contribution in [2.45, 2.75) is 4.90 Å². The first kappa shape index (κ1) is 19.5. The van der Waals surface area contributed by atoms with Gasteiger partial charge in [0.2, 0.25) is 5.95 Å². The molecule has 0 aliphatic carbocycles. The average molecular weight is 448 g/mol. The number of anilines is 2. The molecule has 4 rings (SSSR count). The van der Waals surface area contributed by atoms with Gasteiger partial charge in [0.15, 0.2) is 0 Å². The maximum atomic E-state index is 12.7. The minimum absolute atomic E-state index is 0.00625. The summed E-state index contributed by atoms with van der Waals surface area (Å²) in [5.41, 5.74) is 1.30. The zero-order valence-corrected chi connectivity index (χ0v) is 17.4. The van der Waals surface area contributed by atoms with Crippen LogP contribution < -0.4 is 10.0 Å². The van der Waals surface area contributed by atoms with Gasteiger partial charge in [-0.2, -0.15) is 4.98 Å². The van der Waals surface area contributed by atoms with Crippen LogP contribution in [0.3, 0.4) is 0 Å². The first-order valence-electron chi connectivity index (χ1n) is 8.47. The summed E-state index contributed by atoms with van der Waals surface area (Å²) in [6.07, 6.45) is 3.53. The van der Waals surface area contributed by atoms with Gasteiger partial charge in [-0.15, -0.1) is 0 Å². The molecule has 0 saturated heterocycles. The molecule has 0 aliphatic heterocycles. The molecule has 29 heavy (non-hydrogen) atoms. The monoisotopic (exact) mass is 447 g/mol. The van der Waals surface area contributed by atoms with Gasteiger partial charge in [-0.1, -0.05) is 23.2 Å². The Morgan fingerprint density at radius 1 is 1.00 bits per heavy atom. The van der Waals surface area contributed by atoms with Crippen molar-refractivity contribution in [1.29, 1.82) is 0 Å². The second-order valence-corrected chi connectivity index (χ2v) is 8.71. The van der Waals surface area contributed by atoms with Crippen LogP contribution in [0.4, 0.5) is 11.6 Å². The third-order valence-electron chi connectivity index (χ3n) is 4.20. The number of hydrogen-bond acceptors (Lipinski definition) is 5. The quantitative estimate of drug-likeness (QED) is 0.467. The maximum Gasteiger partial charge on any atom is 0.261 e. The van der Waals surface area contributed by atoms with E-state index in [4.69, 9.17) is 23.2 Å². The lowest BCUT2D eigenvalue weighted by molar-refractivity contribution is 0.601. The number of sulfonamides is 1. The van der Waals surface area contributed by atoms with E-state index in [1.807, 2.05) is 22.9 Å². The molecule has 0 amide bonds. The summed E-state index contributed by atoms with van der Waals surface area (Å²) in [5.74, 6) is 1.20. The minimum atomic E-state index is -3.84. The molecule has 2 N–H and O–H groups in total. The Labute approximate surface area is 177 Å². The fourth-order valence-corrected chi connectivity index (χ4v) is 4.68. The van der Waals surface area contributed by atoms with E-state index in [0.717, 1.165) is 10.9 Å². The van der Waals surface area contributed by atoms with Gasteiger partial charge in [0, 0.05) is 40.6 Å². The van der Waals surface area contributed by atoms with Crippen molar-refractivity contribution in [3.63, 3.8) is 0 Å². The van der Waals surface area contributed by atoms with Crippen LogP contribution in [0.5, 0.6) is 0 Å². The summed E-state index contributed by atoms with van der Waals surface area (Å²) < 4.78 is 29.8. The highest BCUT2D eigenvalue weighted by molar-refractivity contribution is 7.92. The van der Waals surface area contributed by atoms with E-state index in [2.05, 4.69) is 20.0 Å². The predicted molar refractivity (Wildman–Crippen MR) is 116 cm³/mol. The number of fused-ring (bicyclic) bond motifs is 1. The van der Waals surface area contributed by atoms with Gasteiger partial charge in [-0.25, -0.2) is 13.4 Å². The van der Waals surface area contributed by atoms with Crippen molar-refractivity contribution in [2.75, 3.05) is 17.1 Å². The summed E-state index contributed by atoms with van der Waals surface area (Å²) in [5, 5.41) is 4.24. The van der Waals surface area contributed by atoms with Crippen LogP contribution in [0.25, 0.3) is 16.7 Å². The Bertz CT molecular complexity index is 1300. The fourth-order valence-electron chi connectivity index (χ4n) is 2.91. The molecule has 0 fully saturated rings. The number of aromatic nitrogens is 3. The van der Waals surface area contributed by atoms with Crippen molar-refractivity contribution in [1.82, 2.24) is 14.5 Å². The number of rotatable bonds is 5. The van der Waals surface area contributed by atoms with E-state index in [0.29, 0.717) is 17.5 Å². The molecule has 2 heterocycles. The third-order valence-corrected chi connectivity index (χ3v) is 6.00. The maximum absolute atomic E-state index is 12.7. The largest absolute Gasteiger partial charge is 0.357 e. The van der Waals surface area contributed by atoms with Crippen LogP contribution in [-0.2, 0) is 10.0 Å². The first-order valence-corrected chi connectivity index (χ1v) is 10.7. The first-order chi connectivity index (χ1) is 13.9. The highest BCUT2D eigenvalue weighted by Gasteiger charge is 2.16. The van der Waals surface area contributed by atoms with Crippen molar-refractivity contribution >= 4 is 55.8 Å². The molecule has 0 spiro atoms. The molecular formula is C19H15Cl2N5O2S. The molecule has 4 aromatic rings. The SMILES string of the molecule is CNc1nccc(-n2ccc3cc(NS(=O)(=O)c4cc(Cl)cc(Cl)c4)ccc32)n1. The molecule has 0 radical (unpaired) electrons. The smallest absolute Gasteiger partial charge is 0.261 e. The zero-order valence-electron chi connectivity index (χ0n) is 15.1. The summed E-state index contributed by atoms with van der Waals surface area (Å²) >= 11 is 11.9. The van der Waals surface area contributed by atoms with Gasteiger partial charge in [-0.3, -0.25) is 4.72 Å². The molecule has 0 atom stereocenters. The molecule has 2 aromatic carbocycles. The molecule has 0 bridgehead atoms. The molecule has 0 saturated carbocycles. The van der Waals surface area contributed by atoms with E-state index in [1.54, 1.807) is 31.4 Å². The van der Waals surface area contributed by atoms with Crippen molar-refractivity contribution in [3.8, 4) is 5.82 Å². The Hall–Kier alpha value is -2.81. The second kappa shape index (κ2) is 7.55. The number of nitrogens with one attached hydrogen (secondary N) is 2. The number of benzene rings is 2. The van der Waals surface area contributed by atoms with Crippen LogP contribution in [0.1, 0.15) is 0 Å². The highest BCUT2D eigenvalue weighted by Crippen LogP contribution is 2.27. The fraction of sp³-hybridized carbons (Fsp3) is 0.0526. The van der Waals surface area contributed by atoms with E-state index in [1.165, 1.54) is 18.2 Å². The molecule has 7 nitrogen and oxygen atoms in total. The molecular weight excluding hydrogens is 433 g/mol. The topological polar surface area (TPSA) is 88.9 Å². The Morgan fingerprint density at radius 3 is 2.48 bits per heavy atom. The Kier molecular flexibility index (Phi) is 5.08. The normalized spacial score (nSPS) is 11.6. The third kappa shape index (κ3) is 4.00. The molecule has 2 aromatic heterocycles. The van der Waals surface area contributed by atoms with E-state index in [9.17, 15) is 8.42 Å². The lowest BCUT2D eigenvalue weighted by Gasteiger charge is -2.10. The van der Waals surface area contributed by atoms with Crippen molar-refractivity contribution in [2.24, 2.45) is 0 Å². The predicted octanol–water partition coefficient (Wildman–Crippen LogP) is 4.57. The molecule has 0 unspecified atom stereocenters. The van der Waals surface area contributed by atoms with Gasteiger partial charge >= 0.3 is 0 Å². The van der Waals surface area contributed by atoms with Gasteiger partial charge in [0.05, 0.1) is 10.4 Å². The van der Waals surface area contributed by atoms with Gasteiger partial charge in [-0.05, 0) is 48.5 Å². The van der Waals surface area contributed by atoms with E-state index < -0.39 is 10.0 Å². The average Bonchev–Trinajstić information content (AvgIpc) is 3.10. The molecule has 10 heteroatoms. The highest BCUT2D eigenvalue weighted by atomic mass is 35.5. The standard InChI is InChI=1S/C19H15Cl2N5O2S/c1-22-19-23-6-4-18(24-19)26-7-5-12-8-15(2-3-17(12)26)25-29(27,28)16-10-13(20)9-14(21)11-16/h2-11,25H,1H3,(H,22,23,24). The van der Waals surface area contributed by atoms with Gasteiger partial charge < -0.3 is 9.88 Å². The van der Waals surface area contributed by atoms with Crippen molar-refractivity contribution < 1.29 is 8.42 Å². The van der Waals surface area contributed by atoms with Gasteiger partial charge in [0.1, 0.15) is 5.82 Å². The van der Waals surface area contributed by atoms with E-state index >= 15 is 0 Å². The van der Waals surface area contributed by atoms with Crippen LogP contribution in [0.2, 0.25) is 10.0 Å². The Balaban J connectivity index is 1.68. The molecule has 0 aliphatic rings. The lowest BCUT2D eigenvalue weighted by Crippen LogP contribution is -2.13. The van der Waals surface area contributed by atoms with E-state index in [-0.39, 0.29) is 14.9 Å². The van der Waals surface area contributed by atoms with Crippen LogP contribution in [0.15, 0.2) is 65.8 Å². The van der Waals surface area contributed by atoms with Gasteiger partial charge in [0.25, 0.3) is 10.0 Å². The minimum Gasteiger partial charge on any atom is -0.357 e.